The van der Waals surface area contributed by atoms with Gasteiger partial charge in [0, 0.05) is 14.1 Å². The van der Waals surface area contributed by atoms with Gasteiger partial charge in [-0.15, -0.1) is 0 Å². The van der Waals surface area contributed by atoms with E-state index in [1.165, 1.54) is 0 Å². The van der Waals surface area contributed by atoms with Crippen molar-refractivity contribution in [3.63, 3.8) is 0 Å². The van der Waals surface area contributed by atoms with Gasteiger partial charge in [0.05, 0.1) is 0 Å². The molecule has 0 bridgehead atoms. The van der Waals surface area contributed by atoms with Crippen LogP contribution in [0.2, 0.25) is 0 Å². The van der Waals surface area contributed by atoms with E-state index < -0.39 is 6.10 Å². The summed E-state index contributed by atoms with van der Waals surface area (Å²) in [6, 6.07) is 0. The number of rotatable bonds is 4. The van der Waals surface area contributed by atoms with Crippen molar-refractivity contribution >= 4 is 5.95 Å². The van der Waals surface area contributed by atoms with Crippen molar-refractivity contribution in [3.8, 4) is 0 Å². The molecule has 0 aliphatic heterocycles. The first-order valence-corrected chi connectivity index (χ1v) is 4.04. The topological polar surface area (TPSA) is 88.4 Å². The maximum absolute atomic E-state index is 9.42. The lowest BCUT2D eigenvalue weighted by Gasteiger charge is -2.03. The monoisotopic (exact) mass is 186 g/mol. The van der Waals surface area contributed by atoms with Crippen LogP contribution in [0.5, 0.6) is 0 Å². The standard InChI is InChI=1S/C7H14N4O2/c1-11(2)7-9-6(13-10-7)5(12)3-4-8/h5,12H,3-4,8H2,1-2H3/t5-/m0/s1. The van der Waals surface area contributed by atoms with Gasteiger partial charge in [-0.3, -0.25) is 0 Å². The first-order valence-electron chi connectivity index (χ1n) is 4.04. The van der Waals surface area contributed by atoms with Gasteiger partial charge < -0.3 is 20.3 Å². The highest BCUT2D eigenvalue weighted by Gasteiger charge is 2.15. The van der Waals surface area contributed by atoms with Crippen molar-refractivity contribution in [2.24, 2.45) is 5.73 Å². The second-order valence-corrected chi connectivity index (χ2v) is 2.92. The van der Waals surface area contributed by atoms with E-state index in [4.69, 9.17) is 10.3 Å². The SMILES string of the molecule is CN(C)c1noc([C@@H](O)CCN)n1. The molecule has 0 fully saturated rings. The molecule has 1 atom stereocenters. The van der Waals surface area contributed by atoms with E-state index in [0.717, 1.165) is 0 Å². The van der Waals surface area contributed by atoms with Crippen LogP contribution in [0.4, 0.5) is 5.95 Å². The molecule has 1 aromatic heterocycles. The van der Waals surface area contributed by atoms with E-state index in [9.17, 15) is 5.11 Å². The Morgan fingerprint density at radius 3 is 2.77 bits per heavy atom. The Hall–Kier alpha value is -1.14. The summed E-state index contributed by atoms with van der Waals surface area (Å²) in [5.74, 6) is 0.667. The molecule has 1 heterocycles. The Morgan fingerprint density at radius 1 is 1.62 bits per heavy atom. The van der Waals surface area contributed by atoms with Crippen molar-refractivity contribution < 1.29 is 9.63 Å². The van der Waals surface area contributed by atoms with Gasteiger partial charge in [-0.2, -0.15) is 4.98 Å². The van der Waals surface area contributed by atoms with Gasteiger partial charge in [-0.05, 0) is 18.1 Å². The molecule has 13 heavy (non-hydrogen) atoms. The van der Waals surface area contributed by atoms with Gasteiger partial charge in [-0.1, -0.05) is 0 Å². The molecule has 0 radical (unpaired) electrons. The molecule has 0 saturated heterocycles. The second-order valence-electron chi connectivity index (χ2n) is 2.92. The lowest BCUT2D eigenvalue weighted by atomic mass is 10.2. The summed E-state index contributed by atoms with van der Waals surface area (Å²) in [6.07, 6.45) is -0.332. The molecule has 74 valence electrons. The highest BCUT2D eigenvalue weighted by atomic mass is 16.5. The maximum Gasteiger partial charge on any atom is 0.265 e. The lowest BCUT2D eigenvalue weighted by molar-refractivity contribution is 0.127. The number of nitrogens with two attached hydrogens (primary N) is 1. The summed E-state index contributed by atoms with van der Waals surface area (Å²) in [5.41, 5.74) is 5.27. The van der Waals surface area contributed by atoms with E-state index in [1.807, 2.05) is 0 Å². The van der Waals surface area contributed by atoms with E-state index in [-0.39, 0.29) is 5.89 Å². The van der Waals surface area contributed by atoms with Crippen molar-refractivity contribution in [2.75, 3.05) is 25.5 Å². The minimum atomic E-state index is -0.758. The van der Waals surface area contributed by atoms with Crippen LogP contribution in [-0.2, 0) is 0 Å². The number of aromatic nitrogens is 2. The molecule has 1 aromatic rings. The number of aliphatic hydroxyl groups is 1. The van der Waals surface area contributed by atoms with Gasteiger partial charge >= 0.3 is 0 Å². The highest BCUT2D eigenvalue weighted by molar-refractivity contribution is 5.23. The summed E-state index contributed by atoms with van der Waals surface area (Å²) in [7, 11) is 3.59. The zero-order chi connectivity index (χ0) is 9.84. The lowest BCUT2D eigenvalue weighted by Crippen LogP contribution is -2.11. The van der Waals surface area contributed by atoms with Crippen molar-refractivity contribution in [1.29, 1.82) is 0 Å². The molecule has 0 aliphatic carbocycles. The number of nitrogens with zero attached hydrogens (tertiary/aromatic N) is 3. The van der Waals surface area contributed by atoms with Crippen LogP contribution in [0.15, 0.2) is 4.52 Å². The van der Waals surface area contributed by atoms with Crippen LogP contribution in [0, 0.1) is 0 Å². The zero-order valence-corrected chi connectivity index (χ0v) is 7.77. The first-order chi connectivity index (χ1) is 6.15. The molecule has 0 unspecified atom stereocenters. The van der Waals surface area contributed by atoms with Crippen LogP contribution in [-0.4, -0.2) is 35.9 Å². The van der Waals surface area contributed by atoms with Crippen LogP contribution < -0.4 is 10.6 Å². The Kier molecular flexibility index (Phi) is 3.21. The Labute approximate surface area is 76.3 Å². The number of aliphatic hydroxyl groups excluding tert-OH is 1. The van der Waals surface area contributed by atoms with Crippen LogP contribution in [0.1, 0.15) is 18.4 Å². The number of hydrogen-bond acceptors (Lipinski definition) is 6. The third-order valence-electron chi connectivity index (χ3n) is 1.56. The normalized spacial score (nSPS) is 12.9. The van der Waals surface area contributed by atoms with Crippen LogP contribution in [0.25, 0.3) is 0 Å². The largest absolute Gasteiger partial charge is 0.383 e. The third-order valence-corrected chi connectivity index (χ3v) is 1.56. The molecular formula is C7H14N4O2. The summed E-state index contributed by atoms with van der Waals surface area (Å²) in [4.78, 5) is 5.67. The van der Waals surface area contributed by atoms with Gasteiger partial charge in [0.15, 0.2) is 0 Å². The van der Waals surface area contributed by atoms with Crippen molar-refractivity contribution in [3.05, 3.63) is 5.89 Å². The first kappa shape index (κ1) is 9.94. The molecule has 0 saturated carbocycles. The molecule has 6 heteroatoms. The Morgan fingerprint density at radius 2 is 2.31 bits per heavy atom. The molecule has 1 rings (SSSR count). The Balaban J connectivity index is 2.67. The Bertz CT molecular complexity index is 261. The van der Waals surface area contributed by atoms with Gasteiger partial charge in [0.2, 0.25) is 0 Å². The van der Waals surface area contributed by atoms with E-state index >= 15 is 0 Å². The predicted molar refractivity (Wildman–Crippen MR) is 47.3 cm³/mol. The minimum Gasteiger partial charge on any atom is -0.383 e. The predicted octanol–water partition coefficient (Wildman–Crippen LogP) is -0.482. The smallest absolute Gasteiger partial charge is 0.265 e. The average Bonchev–Trinajstić information content (AvgIpc) is 2.52. The second kappa shape index (κ2) is 4.20. The summed E-state index contributed by atoms with van der Waals surface area (Å²) < 4.78 is 4.83. The van der Waals surface area contributed by atoms with E-state index in [0.29, 0.717) is 18.9 Å². The van der Waals surface area contributed by atoms with Crippen LogP contribution in [0.3, 0.4) is 0 Å². The van der Waals surface area contributed by atoms with Gasteiger partial charge in [-0.25, -0.2) is 0 Å². The molecule has 0 aromatic carbocycles. The summed E-state index contributed by atoms with van der Waals surface area (Å²) in [6.45, 7) is 0.390. The molecule has 0 aliphatic rings. The van der Waals surface area contributed by atoms with Crippen molar-refractivity contribution in [2.45, 2.75) is 12.5 Å². The molecule has 6 nitrogen and oxygen atoms in total. The average molecular weight is 186 g/mol. The number of hydrogen-bond donors (Lipinski definition) is 2. The fourth-order valence-corrected chi connectivity index (χ4v) is 0.825. The molecular weight excluding hydrogens is 172 g/mol. The minimum absolute atomic E-state index is 0.217. The third kappa shape index (κ3) is 2.40. The van der Waals surface area contributed by atoms with E-state index in [1.54, 1.807) is 19.0 Å². The van der Waals surface area contributed by atoms with E-state index in [2.05, 4.69) is 10.1 Å². The van der Waals surface area contributed by atoms with Crippen LogP contribution >= 0.6 is 0 Å². The van der Waals surface area contributed by atoms with Gasteiger partial charge in [0.25, 0.3) is 11.8 Å². The van der Waals surface area contributed by atoms with Crippen molar-refractivity contribution in [1.82, 2.24) is 10.1 Å². The maximum atomic E-state index is 9.42. The number of anilines is 1. The molecule has 0 spiro atoms. The summed E-state index contributed by atoms with van der Waals surface area (Å²) >= 11 is 0. The quantitative estimate of drug-likeness (QED) is 0.660. The highest BCUT2D eigenvalue weighted by Crippen LogP contribution is 2.15. The summed E-state index contributed by atoms with van der Waals surface area (Å²) in [5, 5.41) is 13.1. The fourth-order valence-electron chi connectivity index (χ4n) is 0.825. The molecule has 0 amide bonds. The van der Waals surface area contributed by atoms with Gasteiger partial charge in [0.1, 0.15) is 6.10 Å². The molecule has 3 N–H and O–H groups in total. The zero-order valence-electron chi connectivity index (χ0n) is 7.77. The fraction of sp³-hybridized carbons (Fsp3) is 0.714.